The summed E-state index contributed by atoms with van der Waals surface area (Å²) in [4.78, 5) is 34.8. The highest BCUT2D eigenvalue weighted by atomic mass is 16.5. The van der Waals surface area contributed by atoms with Crippen molar-refractivity contribution in [3.05, 3.63) is 0 Å². The number of carbonyl (C=O) groups excluding carboxylic acids is 2. The molecule has 0 unspecified atom stereocenters. The van der Waals surface area contributed by atoms with E-state index in [1.807, 2.05) is 0 Å². The highest BCUT2D eigenvalue weighted by Crippen LogP contribution is 2.02. The summed E-state index contributed by atoms with van der Waals surface area (Å²) in [6.07, 6.45) is 0. The maximum atomic E-state index is 11.6. The van der Waals surface area contributed by atoms with Crippen LogP contribution in [0, 0.1) is 5.92 Å². The molecule has 0 spiro atoms. The van der Waals surface area contributed by atoms with Crippen LogP contribution in [-0.4, -0.2) is 54.2 Å². The first-order valence-electron chi connectivity index (χ1n) is 5.69. The van der Waals surface area contributed by atoms with Crippen molar-refractivity contribution >= 4 is 18.0 Å². The highest BCUT2D eigenvalue weighted by molar-refractivity contribution is 5.85. The molecule has 0 aliphatic heterocycles. The number of aliphatic carboxylic acids is 1. The summed E-state index contributed by atoms with van der Waals surface area (Å²) in [5.74, 6) is -1.89. The van der Waals surface area contributed by atoms with Gasteiger partial charge in [-0.05, 0) is 12.8 Å². The number of ether oxygens (including phenoxy) is 1. The molecule has 0 saturated carbocycles. The molecule has 104 valence electrons. The first-order chi connectivity index (χ1) is 8.29. The zero-order chi connectivity index (χ0) is 14.3. The first-order valence-corrected chi connectivity index (χ1v) is 5.69. The van der Waals surface area contributed by atoms with Crippen LogP contribution in [0.25, 0.3) is 0 Å². The van der Waals surface area contributed by atoms with Crippen molar-refractivity contribution in [3.8, 4) is 0 Å². The Morgan fingerprint density at radius 1 is 1.33 bits per heavy atom. The summed E-state index contributed by atoms with van der Waals surface area (Å²) in [5, 5.41) is 11.3. The number of carboxylic acids is 1. The van der Waals surface area contributed by atoms with Crippen LogP contribution in [0.2, 0.25) is 0 Å². The van der Waals surface area contributed by atoms with Crippen LogP contribution >= 0.6 is 0 Å². The lowest BCUT2D eigenvalue weighted by molar-refractivity contribution is -0.143. The van der Waals surface area contributed by atoms with Gasteiger partial charge in [-0.3, -0.25) is 4.79 Å². The van der Waals surface area contributed by atoms with Gasteiger partial charge in [-0.15, -0.1) is 0 Å². The Balaban J connectivity index is 4.38. The second kappa shape index (κ2) is 7.52. The van der Waals surface area contributed by atoms with Crippen LogP contribution in [-0.2, 0) is 14.3 Å². The fraction of sp³-hybridized carbons (Fsp3) is 0.727. The number of nitrogens with one attached hydrogen (secondary N) is 1. The van der Waals surface area contributed by atoms with Crippen LogP contribution < -0.4 is 5.32 Å². The average Bonchev–Trinajstić information content (AvgIpc) is 2.24. The van der Waals surface area contributed by atoms with Gasteiger partial charge < -0.3 is 20.1 Å². The van der Waals surface area contributed by atoms with Crippen molar-refractivity contribution in [1.82, 2.24) is 10.2 Å². The Morgan fingerprint density at radius 3 is 2.28 bits per heavy atom. The van der Waals surface area contributed by atoms with E-state index in [9.17, 15) is 14.4 Å². The van der Waals surface area contributed by atoms with Gasteiger partial charge in [0.05, 0.1) is 6.61 Å². The Bertz CT molecular complexity index is 317. The van der Waals surface area contributed by atoms with Crippen molar-refractivity contribution in [2.45, 2.75) is 26.8 Å². The van der Waals surface area contributed by atoms with E-state index >= 15 is 0 Å². The third kappa shape index (κ3) is 5.51. The summed E-state index contributed by atoms with van der Waals surface area (Å²) in [7, 11) is 1.39. The van der Waals surface area contributed by atoms with Crippen LogP contribution in [0.3, 0.4) is 0 Å². The lowest BCUT2D eigenvalue weighted by Crippen LogP contribution is -2.50. The summed E-state index contributed by atoms with van der Waals surface area (Å²) in [6.45, 7) is 5.05. The second-order valence-corrected chi connectivity index (χ2v) is 4.17. The number of urea groups is 1. The molecule has 0 radical (unpaired) electrons. The number of hydrogen-bond donors (Lipinski definition) is 2. The normalized spacial score (nSPS) is 11.8. The van der Waals surface area contributed by atoms with Gasteiger partial charge in [-0.2, -0.15) is 0 Å². The lowest BCUT2D eigenvalue weighted by atomic mass is 10.1. The molecule has 7 heteroatoms. The molecule has 0 aliphatic rings. The largest absolute Gasteiger partial charge is 0.480 e. The van der Waals surface area contributed by atoms with Crippen LogP contribution in [0.1, 0.15) is 20.8 Å². The number of likely N-dealkylation sites (N-methyl/N-ethyl adjacent to an activating group) is 1. The molecule has 1 atom stereocenters. The molecule has 2 N–H and O–H groups in total. The van der Waals surface area contributed by atoms with E-state index in [2.05, 4.69) is 10.1 Å². The molecule has 0 aliphatic carbocycles. The molecule has 0 aromatic heterocycles. The number of rotatable bonds is 6. The number of amides is 2. The Morgan fingerprint density at radius 2 is 1.89 bits per heavy atom. The van der Waals surface area contributed by atoms with E-state index < -0.39 is 24.0 Å². The van der Waals surface area contributed by atoms with E-state index in [1.54, 1.807) is 20.8 Å². The maximum Gasteiger partial charge on any atom is 0.326 e. The van der Waals surface area contributed by atoms with E-state index in [4.69, 9.17) is 5.11 Å². The zero-order valence-corrected chi connectivity index (χ0v) is 11.1. The molecular formula is C11H20N2O5. The summed E-state index contributed by atoms with van der Waals surface area (Å²) in [5.41, 5.74) is 0. The number of carbonyl (C=O) groups is 3. The van der Waals surface area contributed by atoms with Crippen molar-refractivity contribution in [3.63, 3.8) is 0 Å². The highest BCUT2D eigenvalue weighted by Gasteiger charge is 2.25. The lowest BCUT2D eigenvalue weighted by Gasteiger charge is -2.22. The zero-order valence-electron chi connectivity index (χ0n) is 11.1. The van der Waals surface area contributed by atoms with Gasteiger partial charge >= 0.3 is 18.0 Å². The maximum absolute atomic E-state index is 11.6. The first kappa shape index (κ1) is 16.2. The monoisotopic (exact) mass is 260 g/mol. The summed E-state index contributed by atoms with van der Waals surface area (Å²) in [6, 6.07) is -1.61. The molecule has 0 bridgehead atoms. The minimum absolute atomic E-state index is 0.218. The Kier molecular flexibility index (Phi) is 6.77. The van der Waals surface area contributed by atoms with Crippen LogP contribution in [0.15, 0.2) is 0 Å². The molecule has 0 heterocycles. The Hall–Kier alpha value is -1.79. The van der Waals surface area contributed by atoms with Gasteiger partial charge in [-0.25, -0.2) is 9.59 Å². The van der Waals surface area contributed by atoms with Crippen molar-refractivity contribution in [1.29, 1.82) is 0 Å². The van der Waals surface area contributed by atoms with Crippen molar-refractivity contribution in [2.75, 3.05) is 20.2 Å². The minimum Gasteiger partial charge on any atom is -0.480 e. The van der Waals surface area contributed by atoms with Gasteiger partial charge in [0, 0.05) is 7.05 Å². The number of hydrogen-bond acceptors (Lipinski definition) is 4. The topological polar surface area (TPSA) is 95.9 Å². The van der Waals surface area contributed by atoms with E-state index in [1.165, 1.54) is 7.05 Å². The standard InChI is InChI=1S/C11H20N2O5/c1-5-18-8(14)6-13(4)11(17)12-9(7(2)3)10(15)16/h7,9H,5-6H2,1-4H3,(H,12,17)(H,15,16)/t9-/m1/s1. The third-order valence-electron chi connectivity index (χ3n) is 2.23. The van der Waals surface area contributed by atoms with E-state index in [-0.39, 0.29) is 19.1 Å². The van der Waals surface area contributed by atoms with E-state index in [0.29, 0.717) is 0 Å². The van der Waals surface area contributed by atoms with Crippen molar-refractivity contribution in [2.24, 2.45) is 5.92 Å². The molecule has 7 nitrogen and oxygen atoms in total. The molecule has 0 rings (SSSR count). The third-order valence-corrected chi connectivity index (χ3v) is 2.23. The molecule has 0 saturated heterocycles. The molecule has 0 aromatic carbocycles. The SMILES string of the molecule is CCOC(=O)CN(C)C(=O)N[C@@H](C(=O)O)C(C)C. The summed E-state index contributed by atoms with van der Waals surface area (Å²) < 4.78 is 4.69. The number of nitrogens with zero attached hydrogens (tertiary/aromatic N) is 1. The fourth-order valence-corrected chi connectivity index (χ4v) is 1.23. The van der Waals surface area contributed by atoms with Gasteiger partial charge in [0.2, 0.25) is 0 Å². The van der Waals surface area contributed by atoms with Gasteiger partial charge in [0.25, 0.3) is 0 Å². The minimum atomic E-state index is -1.11. The molecule has 2 amide bonds. The fourth-order valence-electron chi connectivity index (χ4n) is 1.23. The average molecular weight is 260 g/mol. The summed E-state index contributed by atoms with van der Waals surface area (Å²) >= 11 is 0. The molecular weight excluding hydrogens is 240 g/mol. The van der Waals surface area contributed by atoms with E-state index in [0.717, 1.165) is 4.90 Å². The van der Waals surface area contributed by atoms with Crippen LogP contribution in [0.5, 0.6) is 0 Å². The predicted molar refractivity (Wildman–Crippen MR) is 64.1 cm³/mol. The van der Waals surface area contributed by atoms with Crippen molar-refractivity contribution < 1.29 is 24.2 Å². The molecule has 0 aromatic rings. The number of esters is 1. The molecule has 18 heavy (non-hydrogen) atoms. The smallest absolute Gasteiger partial charge is 0.326 e. The second-order valence-electron chi connectivity index (χ2n) is 4.17. The van der Waals surface area contributed by atoms with Crippen LogP contribution in [0.4, 0.5) is 4.79 Å². The van der Waals surface area contributed by atoms with Gasteiger partial charge in [-0.1, -0.05) is 13.8 Å². The van der Waals surface area contributed by atoms with Gasteiger partial charge in [0.1, 0.15) is 12.6 Å². The quantitative estimate of drug-likeness (QED) is 0.670. The number of carboxylic acid groups (broad SMARTS) is 1. The Labute approximate surface area is 106 Å². The predicted octanol–water partition coefficient (Wildman–Crippen LogP) is 0.300. The van der Waals surface area contributed by atoms with Gasteiger partial charge in [0.15, 0.2) is 0 Å². The molecule has 0 fully saturated rings.